The number of carbonyl (C=O) groups excluding carboxylic acids is 1. The van der Waals surface area contributed by atoms with Crippen LogP contribution in [0.2, 0.25) is 0 Å². The second-order valence-corrected chi connectivity index (χ2v) is 2.56. The van der Waals surface area contributed by atoms with Gasteiger partial charge in [0.05, 0.1) is 19.3 Å². The van der Waals surface area contributed by atoms with Gasteiger partial charge in [-0.1, -0.05) is 6.58 Å². The van der Waals surface area contributed by atoms with E-state index in [-0.39, 0.29) is 19.0 Å². The van der Waals surface area contributed by atoms with Crippen molar-refractivity contribution in [2.45, 2.75) is 13.0 Å². The topological polar surface area (TPSA) is 69.6 Å². The minimum atomic E-state index is -0.630. The van der Waals surface area contributed by atoms with E-state index >= 15 is 0 Å². The highest BCUT2D eigenvalue weighted by Gasteiger charge is 2.16. The quantitative estimate of drug-likeness (QED) is 0.454. The molecule has 1 atom stereocenters. The monoisotopic (exact) mass is 173 g/mol. The highest BCUT2D eigenvalue weighted by Crippen LogP contribution is 1.95. The summed E-state index contributed by atoms with van der Waals surface area (Å²) in [6, 6.07) is -0.630. The van der Waals surface area contributed by atoms with Crippen LogP contribution in [0.1, 0.15) is 6.92 Å². The van der Waals surface area contributed by atoms with Crippen molar-refractivity contribution in [3.8, 4) is 0 Å². The predicted octanol–water partition coefficient (Wildman–Crippen LogP) is -0.926. The number of hydrogen-bond donors (Lipinski definition) is 3. The van der Waals surface area contributed by atoms with Crippen LogP contribution in [0.3, 0.4) is 0 Å². The second kappa shape index (κ2) is 5.88. The van der Waals surface area contributed by atoms with E-state index in [0.717, 1.165) is 0 Å². The van der Waals surface area contributed by atoms with Gasteiger partial charge in [0.15, 0.2) is 5.78 Å². The first-order valence-electron chi connectivity index (χ1n) is 3.78. The fraction of sp³-hybridized carbons (Fsp3) is 0.625. The van der Waals surface area contributed by atoms with E-state index in [9.17, 15) is 4.79 Å². The first-order valence-corrected chi connectivity index (χ1v) is 3.78. The summed E-state index contributed by atoms with van der Waals surface area (Å²) in [6.45, 7) is 5.03. The highest BCUT2D eigenvalue weighted by molar-refractivity contribution is 5.98. The predicted molar refractivity (Wildman–Crippen MR) is 45.8 cm³/mol. The van der Waals surface area contributed by atoms with Gasteiger partial charge in [0.2, 0.25) is 0 Å². The molecule has 12 heavy (non-hydrogen) atoms. The summed E-state index contributed by atoms with van der Waals surface area (Å²) in [6.07, 6.45) is 0. The van der Waals surface area contributed by atoms with Crippen molar-refractivity contribution in [1.82, 2.24) is 5.32 Å². The molecule has 0 aromatic carbocycles. The SMILES string of the molecule is C=C(C)C(=O)C(CO)NCCO. The van der Waals surface area contributed by atoms with Crippen LogP contribution in [0, 0.1) is 0 Å². The molecule has 1 unspecified atom stereocenters. The third kappa shape index (κ3) is 3.61. The summed E-state index contributed by atoms with van der Waals surface area (Å²) >= 11 is 0. The maximum absolute atomic E-state index is 11.2. The van der Waals surface area contributed by atoms with Gasteiger partial charge in [-0.05, 0) is 12.5 Å². The van der Waals surface area contributed by atoms with E-state index in [1.165, 1.54) is 0 Å². The molecule has 0 aliphatic rings. The Bertz CT molecular complexity index is 168. The molecule has 0 aromatic heterocycles. The fourth-order valence-corrected chi connectivity index (χ4v) is 0.776. The maximum atomic E-state index is 11.2. The van der Waals surface area contributed by atoms with Gasteiger partial charge in [-0.25, -0.2) is 0 Å². The Morgan fingerprint density at radius 1 is 1.58 bits per heavy atom. The average Bonchev–Trinajstić information content (AvgIpc) is 2.05. The summed E-state index contributed by atoms with van der Waals surface area (Å²) in [4.78, 5) is 11.2. The number of ketones is 1. The Morgan fingerprint density at radius 2 is 2.17 bits per heavy atom. The van der Waals surface area contributed by atoms with Gasteiger partial charge in [-0.2, -0.15) is 0 Å². The number of hydrogen-bond acceptors (Lipinski definition) is 4. The fourth-order valence-electron chi connectivity index (χ4n) is 0.776. The lowest BCUT2D eigenvalue weighted by Crippen LogP contribution is -2.41. The van der Waals surface area contributed by atoms with Crippen LogP contribution in [0.15, 0.2) is 12.2 Å². The first-order chi connectivity index (χ1) is 5.63. The van der Waals surface area contributed by atoms with Crippen LogP contribution < -0.4 is 5.32 Å². The van der Waals surface area contributed by atoms with E-state index in [0.29, 0.717) is 12.1 Å². The number of Topliss-reactive ketones (excluding diaryl/α,β-unsaturated/α-hetero) is 1. The largest absolute Gasteiger partial charge is 0.395 e. The molecule has 0 bridgehead atoms. The third-order valence-electron chi connectivity index (χ3n) is 1.42. The number of rotatable bonds is 6. The maximum Gasteiger partial charge on any atom is 0.177 e. The van der Waals surface area contributed by atoms with Gasteiger partial charge in [-0.3, -0.25) is 4.79 Å². The minimum Gasteiger partial charge on any atom is -0.395 e. The van der Waals surface area contributed by atoms with Gasteiger partial charge in [-0.15, -0.1) is 0 Å². The molecule has 4 heteroatoms. The van der Waals surface area contributed by atoms with Gasteiger partial charge in [0.1, 0.15) is 0 Å². The minimum absolute atomic E-state index is 0.0556. The van der Waals surface area contributed by atoms with Crippen LogP contribution in [-0.4, -0.2) is 41.8 Å². The summed E-state index contributed by atoms with van der Waals surface area (Å²) in [5, 5.41) is 19.9. The van der Waals surface area contributed by atoms with Crippen molar-refractivity contribution >= 4 is 5.78 Å². The van der Waals surface area contributed by atoms with Gasteiger partial charge >= 0.3 is 0 Å². The normalized spacial score (nSPS) is 12.6. The van der Waals surface area contributed by atoms with Crippen LogP contribution in [0.4, 0.5) is 0 Å². The van der Waals surface area contributed by atoms with Gasteiger partial charge in [0.25, 0.3) is 0 Å². The lowest BCUT2D eigenvalue weighted by atomic mass is 10.1. The Hall–Kier alpha value is -0.710. The standard InChI is InChI=1S/C8H15NO3/c1-6(2)8(12)7(5-11)9-3-4-10/h7,9-11H,1,3-5H2,2H3. The molecule has 0 radical (unpaired) electrons. The number of aliphatic hydroxyl groups is 2. The van der Waals surface area contributed by atoms with E-state index in [1.807, 2.05) is 0 Å². The van der Waals surface area contributed by atoms with Crippen molar-refractivity contribution < 1.29 is 15.0 Å². The van der Waals surface area contributed by atoms with Crippen LogP contribution in [-0.2, 0) is 4.79 Å². The average molecular weight is 173 g/mol. The molecule has 0 aliphatic heterocycles. The van der Waals surface area contributed by atoms with Crippen LogP contribution in [0.25, 0.3) is 0 Å². The van der Waals surface area contributed by atoms with Crippen LogP contribution in [0.5, 0.6) is 0 Å². The molecular formula is C8H15NO3. The highest BCUT2D eigenvalue weighted by atomic mass is 16.3. The molecule has 3 N–H and O–H groups in total. The molecule has 0 saturated heterocycles. The number of carbonyl (C=O) groups is 1. The summed E-state index contributed by atoms with van der Waals surface area (Å²) in [5.41, 5.74) is 0.402. The Morgan fingerprint density at radius 3 is 2.50 bits per heavy atom. The van der Waals surface area contributed by atoms with E-state index in [1.54, 1.807) is 6.92 Å². The molecule has 4 nitrogen and oxygen atoms in total. The van der Waals surface area contributed by atoms with Gasteiger partial charge < -0.3 is 15.5 Å². The van der Waals surface area contributed by atoms with E-state index in [2.05, 4.69) is 11.9 Å². The van der Waals surface area contributed by atoms with Crippen molar-refractivity contribution in [1.29, 1.82) is 0 Å². The summed E-state index contributed by atoms with van der Waals surface area (Å²) in [7, 11) is 0. The molecule has 0 heterocycles. The van der Waals surface area contributed by atoms with Crippen LogP contribution >= 0.6 is 0 Å². The lowest BCUT2D eigenvalue weighted by Gasteiger charge is -2.13. The number of nitrogens with one attached hydrogen (secondary N) is 1. The summed E-state index contributed by atoms with van der Waals surface area (Å²) < 4.78 is 0. The molecule has 70 valence electrons. The third-order valence-corrected chi connectivity index (χ3v) is 1.42. The molecule has 0 aromatic rings. The second-order valence-electron chi connectivity index (χ2n) is 2.56. The molecule has 0 rings (SSSR count). The zero-order valence-electron chi connectivity index (χ0n) is 7.21. The van der Waals surface area contributed by atoms with Crippen molar-refractivity contribution in [2.75, 3.05) is 19.8 Å². The van der Waals surface area contributed by atoms with Gasteiger partial charge in [0, 0.05) is 6.54 Å². The lowest BCUT2D eigenvalue weighted by molar-refractivity contribution is -0.118. The Balaban J connectivity index is 3.96. The van der Waals surface area contributed by atoms with Crippen molar-refractivity contribution in [2.24, 2.45) is 0 Å². The van der Waals surface area contributed by atoms with Crippen molar-refractivity contribution in [3.63, 3.8) is 0 Å². The summed E-state index contributed by atoms with van der Waals surface area (Å²) in [5.74, 6) is -0.217. The first kappa shape index (κ1) is 11.3. The Kier molecular flexibility index (Phi) is 5.53. The molecular weight excluding hydrogens is 158 g/mol. The molecule has 0 spiro atoms. The zero-order valence-corrected chi connectivity index (χ0v) is 7.21. The molecule has 0 fully saturated rings. The van der Waals surface area contributed by atoms with Crippen molar-refractivity contribution in [3.05, 3.63) is 12.2 Å². The number of aliphatic hydroxyl groups excluding tert-OH is 2. The Labute approximate surface area is 71.9 Å². The van der Waals surface area contributed by atoms with E-state index in [4.69, 9.17) is 10.2 Å². The smallest absolute Gasteiger partial charge is 0.177 e. The molecule has 0 aliphatic carbocycles. The molecule has 0 amide bonds. The molecule has 0 saturated carbocycles. The van der Waals surface area contributed by atoms with E-state index < -0.39 is 6.04 Å². The zero-order chi connectivity index (χ0) is 9.56.